The van der Waals surface area contributed by atoms with Crippen molar-refractivity contribution in [1.29, 1.82) is 0 Å². The van der Waals surface area contributed by atoms with E-state index in [9.17, 15) is 4.79 Å². The van der Waals surface area contributed by atoms with Crippen molar-refractivity contribution in [2.45, 2.75) is 44.6 Å². The largest absolute Gasteiger partial charge is 0.399 e. The van der Waals surface area contributed by atoms with Gasteiger partial charge in [-0.25, -0.2) is 0 Å². The molecule has 1 aromatic rings. The quantitative estimate of drug-likeness (QED) is 0.660. The summed E-state index contributed by atoms with van der Waals surface area (Å²) in [5, 5.41) is 0. The zero-order valence-corrected chi connectivity index (χ0v) is 12.2. The second kappa shape index (κ2) is 6.60. The number of hydrogen-bond donors (Lipinski definition) is 1. The molecule has 3 heteroatoms. The van der Waals surface area contributed by atoms with Crippen LogP contribution < -0.4 is 5.73 Å². The molecule has 1 saturated carbocycles. The summed E-state index contributed by atoms with van der Waals surface area (Å²) >= 11 is 0. The van der Waals surface area contributed by atoms with E-state index in [-0.39, 0.29) is 11.8 Å². The van der Waals surface area contributed by atoms with E-state index < -0.39 is 0 Å². The van der Waals surface area contributed by atoms with Gasteiger partial charge >= 0.3 is 0 Å². The van der Waals surface area contributed by atoms with Gasteiger partial charge in [-0.05, 0) is 37.5 Å². The van der Waals surface area contributed by atoms with E-state index >= 15 is 0 Å². The predicted octanol–water partition coefficient (Wildman–Crippen LogP) is 3.33. The number of nitrogens with zero attached hydrogens (tertiary/aromatic N) is 1. The molecule has 0 heterocycles. The van der Waals surface area contributed by atoms with E-state index in [1.807, 2.05) is 42.2 Å². The Labute approximate surface area is 121 Å². The molecule has 0 bridgehead atoms. The normalized spacial score (nSPS) is 16.9. The molecule has 20 heavy (non-hydrogen) atoms. The van der Waals surface area contributed by atoms with Gasteiger partial charge in [0.15, 0.2) is 0 Å². The topological polar surface area (TPSA) is 46.3 Å². The first kappa shape index (κ1) is 14.6. The van der Waals surface area contributed by atoms with Crippen LogP contribution in [0.3, 0.4) is 0 Å². The van der Waals surface area contributed by atoms with Gasteiger partial charge in [0.1, 0.15) is 0 Å². The molecule has 1 aliphatic carbocycles. The lowest BCUT2D eigenvalue weighted by atomic mass is 9.98. The lowest BCUT2D eigenvalue weighted by Gasteiger charge is -2.30. The lowest BCUT2D eigenvalue weighted by molar-refractivity contribution is -0.134. The number of carbonyl (C=O) groups excluding carboxylic acids is 1. The van der Waals surface area contributed by atoms with Crippen LogP contribution >= 0.6 is 0 Å². The van der Waals surface area contributed by atoms with Crippen molar-refractivity contribution in [3.63, 3.8) is 0 Å². The fraction of sp³-hybridized carbons (Fsp3) is 0.471. The van der Waals surface area contributed by atoms with Crippen LogP contribution in [0.5, 0.6) is 0 Å². The Balaban J connectivity index is 2.15. The highest BCUT2D eigenvalue weighted by atomic mass is 16.2. The van der Waals surface area contributed by atoms with Gasteiger partial charge in [-0.3, -0.25) is 4.79 Å². The van der Waals surface area contributed by atoms with Crippen molar-refractivity contribution in [2.75, 3.05) is 12.3 Å². The standard InChI is InChI=1S/C17H24N2O/c1-3-11-19(16-9-4-5-10-16)17(20)13(2)14-7-6-8-15(18)12-14/h3,6-8,12-13,16H,1,4-5,9-11,18H2,2H3. The minimum Gasteiger partial charge on any atom is -0.399 e. The van der Waals surface area contributed by atoms with E-state index in [0.717, 1.165) is 18.4 Å². The van der Waals surface area contributed by atoms with Crippen LogP contribution in [0.4, 0.5) is 5.69 Å². The molecule has 0 saturated heterocycles. The molecular weight excluding hydrogens is 248 g/mol. The Morgan fingerprint density at radius 1 is 1.50 bits per heavy atom. The summed E-state index contributed by atoms with van der Waals surface area (Å²) in [6.45, 7) is 6.38. The molecule has 0 aliphatic heterocycles. The van der Waals surface area contributed by atoms with E-state index in [2.05, 4.69) is 6.58 Å². The summed E-state index contributed by atoms with van der Waals surface area (Å²) in [6.07, 6.45) is 6.49. The molecule has 2 rings (SSSR count). The van der Waals surface area contributed by atoms with Gasteiger partial charge in [0.2, 0.25) is 5.91 Å². The number of carbonyl (C=O) groups is 1. The molecule has 1 aromatic carbocycles. The van der Waals surface area contributed by atoms with Crippen molar-refractivity contribution in [3.8, 4) is 0 Å². The Bertz CT molecular complexity index is 478. The van der Waals surface area contributed by atoms with Gasteiger partial charge in [-0.1, -0.05) is 31.1 Å². The summed E-state index contributed by atoms with van der Waals surface area (Å²) in [5.41, 5.74) is 7.51. The second-order valence-corrected chi connectivity index (χ2v) is 5.61. The number of rotatable bonds is 5. The Morgan fingerprint density at radius 3 is 2.80 bits per heavy atom. The van der Waals surface area contributed by atoms with Gasteiger partial charge in [-0.15, -0.1) is 6.58 Å². The van der Waals surface area contributed by atoms with Gasteiger partial charge in [0.25, 0.3) is 0 Å². The van der Waals surface area contributed by atoms with E-state index in [1.165, 1.54) is 12.8 Å². The van der Waals surface area contributed by atoms with Crippen LogP contribution in [0.2, 0.25) is 0 Å². The van der Waals surface area contributed by atoms with Crippen molar-refractivity contribution < 1.29 is 4.79 Å². The van der Waals surface area contributed by atoms with Crippen molar-refractivity contribution in [3.05, 3.63) is 42.5 Å². The van der Waals surface area contributed by atoms with Crippen molar-refractivity contribution in [2.24, 2.45) is 0 Å². The van der Waals surface area contributed by atoms with E-state index in [1.54, 1.807) is 0 Å². The molecule has 1 aliphatic rings. The highest BCUT2D eigenvalue weighted by molar-refractivity contribution is 5.84. The Kier molecular flexibility index (Phi) is 4.83. The molecule has 108 valence electrons. The summed E-state index contributed by atoms with van der Waals surface area (Å²) in [5.74, 6) is 0.0291. The maximum Gasteiger partial charge on any atom is 0.230 e. The second-order valence-electron chi connectivity index (χ2n) is 5.61. The summed E-state index contributed by atoms with van der Waals surface area (Å²) < 4.78 is 0. The minimum absolute atomic E-state index is 0.154. The molecule has 0 radical (unpaired) electrons. The summed E-state index contributed by atoms with van der Waals surface area (Å²) in [7, 11) is 0. The van der Waals surface area contributed by atoms with Crippen LogP contribution in [0, 0.1) is 0 Å². The highest BCUT2D eigenvalue weighted by Gasteiger charge is 2.29. The number of nitrogens with two attached hydrogens (primary N) is 1. The number of benzene rings is 1. The summed E-state index contributed by atoms with van der Waals surface area (Å²) in [6, 6.07) is 7.99. The van der Waals surface area contributed by atoms with Crippen LogP contribution in [-0.2, 0) is 4.79 Å². The number of nitrogen functional groups attached to an aromatic ring is 1. The Morgan fingerprint density at radius 2 is 2.20 bits per heavy atom. The first-order valence-corrected chi connectivity index (χ1v) is 7.40. The van der Waals surface area contributed by atoms with Crippen LogP contribution in [-0.4, -0.2) is 23.4 Å². The van der Waals surface area contributed by atoms with E-state index in [4.69, 9.17) is 5.73 Å². The first-order valence-electron chi connectivity index (χ1n) is 7.40. The monoisotopic (exact) mass is 272 g/mol. The van der Waals surface area contributed by atoms with Crippen LogP contribution in [0.15, 0.2) is 36.9 Å². The van der Waals surface area contributed by atoms with Gasteiger partial charge in [0, 0.05) is 18.3 Å². The fourth-order valence-corrected chi connectivity index (χ4v) is 2.99. The van der Waals surface area contributed by atoms with Gasteiger partial charge in [-0.2, -0.15) is 0 Å². The fourth-order valence-electron chi connectivity index (χ4n) is 2.99. The van der Waals surface area contributed by atoms with Crippen molar-refractivity contribution in [1.82, 2.24) is 4.90 Å². The smallest absolute Gasteiger partial charge is 0.230 e. The van der Waals surface area contributed by atoms with Gasteiger partial charge < -0.3 is 10.6 Å². The molecule has 3 nitrogen and oxygen atoms in total. The SMILES string of the molecule is C=CCN(C(=O)C(C)c1cccc(N)c1)C1CCCC1. The van der Waals surface area contributed by atoms with Gasteiger partial charge in [0.05, 0.1) is 5.92 Å². The maximum absolute atomic E-state index is 12.8. The maximum atomic E-state index is 12.8. The van der Waals surface area contributed by atoms with E-state index in [0.29, 0.717) is 18.3 Å². The first-order chi connectivity index (χ1) is 9.63. The summed E-state index contributed by atoms with van der Waals surface area (Å²) in [4.78, 5) is 14.8. The molecule has 1 atom stereocenters. The minimum atomic E-state index is -0.154. The number of amides is 1. The molecule has 1 fully saturated rings. The van der Waals surface area contributed by atoms with Crippen LogP contribution in [0.25, 0.3) is 0 Å². The third-order valence-electron chi connectivity index (χ3n) is 4.16. The number of hydrogen-bond acceptors (Lipinski definition) is 2. The molecular formula is C17H24N2O. The predicted molar refractivity (Wildman–Crippen MR) is 83.4 cm³/mol. The molecule has 0 spiro atoms. The third-order valence-corrected chi connectivity index (χ3v) is 4.16. The average Bonchev–Trinajstić information content (AvgIpc) is 2.97. The zero-order valence-electron chi connectivity index (χ0n) is 12.2. The lowest BCUT2D eigenvalue weighted by Crippen LogP contribution is -2.41. The number of anilines is 1. The Hall–Kier alpha value is -1.77. The average molecular weight is 272 g/mol. The molecule has 1 amide bonds. The molecule has 0 aromatic heterocycles. The molecule has 1 unspecified atom stereocenters. The van der Waals surface area contributed by atoms with Crippen molar-refractivity contribution >= 4 is 11.6 Å². The molecule has 2 N–H and O–H groups in total. The highest BCUT2D eigenvalue weighted by Crippen LogP contribution is 2.27. The zero-order chi connectivity index (χ0) is 14.5. The van der Waals surface area contributed by atoms with Crippen LogP contribution in [0.1, 0.15) is 44.1 Å². The third kappa shape index (κ3) is 3.21.